The molecular weight excluding hydrogens is 312 g/mol. The lowest BCUT2D eigenvalue weighted by molar-refractivity contribution is -0.135. The Balaban J connectivity index is 1.57. The molecule has 23 heavy (non-hydrogen) atoms. The maximum Gasteiger partial charge on any atom is 0.228 e. The van der Waals surface area contributed by atoms with Gasteiger partial charge in [-0.2, -0.15) is 0 Å². The van der Waals surface area contributed by atoms with Crippen LogP contribution in [0.2, 0.25) is 0 Å². The van der Waals surface area contributed by atoms with Gasteiger partial charge in [-0.15, -0.1) is 11.3 Å². The summed E-state index contributed by atoms with van der Waals surface area (Å²) in [6.45, 7) is 3.00. The predicted molar refractivity (Wildman–Crippen MR) is 90.1 cm³/mol. The van der Waals surface area contributed by atoms with Crippen LogP contribution in [0.15, 0.2) is 23.6 Å². The van der Waals surface area contributed by atoms with Crippen LogP contribution in [-0.2, 0) is 14.3 Å². The van der Waals surface area contributed by atoms with E-state index in [1.165, 1.54) is 10.5 Å². The summed E-state index contributed by atoms with van der Waals surface area (Å²) in [5, 5.41) is 2.08. The summed E-state index contributed by atoms with van der Waals surface area (Å²) in [6.07, 6.45) is 3.37. The van der Waals surface area contributed by atoms with Crippen molar-refractivity contribution in [3.05, 3.63) is 28.5 Å². The fourth-order valence-corrected chi connectivity index (χ4v) is 3.97. The van der Waals surface area contributed by atoms with Gasteiger partial charge in [-0.3, -0.25) is 9.59 Å². The molecule has 1 atom stereocenters. The first-order chi connectivity index (χ1) is 11.2. The fourth-order valence-electron chi connectivity index (χ4n) is 3.17. The molecule has 0 bridgehead atoms. The van der Waals surface area contributed by atoms with E-state index in [0.29, 0.717) is 32.7 Å². The zero-order valence-corrected chi connectivity index (χ0v) is 14.2. The van der Waals surface area contributed by atoms with Crippen LogP contribution in [0.25, 0.3) is 5.57 Å². The van der Waals surface area contributed by atoms with Crippen LogP contribution >= 0.6 is 11.3 Å². The van der Waals surface area contributed by atoms with Crippen molar-refractivity contribution < 1.29 is 14.3 Å². The zero-order chi connectivity index (χ0) is 16.2. The monoisotopic (exact) mass is 334 g/mol. The van der Waals surface area contributed by atoms with Crippen molar-refractivity contribution in [2.24, 2.45) is 5.92 Å². The Hall–Kier alpha value is -1.66. The number of carbonyl (C=O) groups excluding carboxylic acids is 2. The van der Waals surface area contributed by atoms with Gasteiger partial charge in [0, 0.05) is 44.6 Å². The maximum atomic E-state index is 12.6. The van der Waals surface area contributed by atoms with E-state index in [9.17, 15) is 9.59 Å². The van der Waals surface area contributed by atoms with E-state index in [1.807, 2.05) is 4.90 Å². The van der Waals surface area contributed by atoms with Crippen LogP contribution in [0.4, 0.5) is 0 Å². The molecule has 3 heterocycles. The molecule has 0 saturated carbocycles. The molecule has 3 rings (SSSR count). The quantitative estimate of drug-likeness (QED) is 0.826. The molecule has 0 radical (unpaired) electrons. The fraction of sp³-hybridized carbons (Fsp3) is 0.529. The molecule has 1 aromatic rings. The molecule has 0 unspecified atom stereocenters. The van der Waals surface area contributed by atoms with Crippen LogP contribution in [-0.4, -0.2) is 61.5 Å². The molecule has 5 nitrogen and oxygen atoms in total. The molecule has 6 heteroatoms. The summed E-state index contributed by atoms with van der Waals surface area (Å²) < 4.78 is 5.02. The molecule has 1 aromatic heterocycles. The lowest BCUT2D eigenvalue weighted by Gasteiger charge is -2.28. The average molecular weight is 334 g/mol. The normalized spacial score (nSPS) is 21.7. The van der Waals surface area contributed by atoms with E-state index in [0.717, 1.165) is 13.0 Å². The van der Waals surface area contributed by atoms with Crippen LogP contribution in [0, 0.1) is 5.92 Å². The molecule has 0 aromatic carbocycles. The third kappa shape index (κ3) is 3.64. The van der Waals surface area contributed by atoms with Gasteiger partial charge in [0.2, 0.25) is 11.8 Å². The first-order valence-electron chi connectivity index (χ1n) is 7.97. The average Bonchev–Trinajstić information content (AvgIpc) is 3.22. The lowest BCUT2D eigenvalue weighted by atomic mass is 10.0. The third-order valence-electron chi connectivity index (χ3n) is 4.49. The SMILES string of the molecule is COCCN1C[C@@H](C(=O)N2CC=C(c3cccs3)CC2)CC1=O. The molecule has 124 valence electrons. The van der Waals surface area contributed by atoms with E-state index >= 15 is 0 Å². The second-order valence-corrected chi connectivity index (χ2v) is 6.92. The summed E-state index contributed by atoms with van der Waals surface area (Å²) >= 11 is 1.74. The van der Waals surface area contributed by atoms with E-state index in [4.69, 9.17) is 4.74 Å². The molecule has 2 amide bonds. The van der Waals surface area contributed by atoms with Crippen LogP contribution in [0.1, 0.15) is 17.7 Å². The van der Waals surface area contributed by atoms with Gasteiger partial charge in [-0.1, -0.05) is 12.1 Å². The first-order valence-corrected chi connectivity index (χ1v) is 8.85. The number of rotatable bonds is 5. The zero-order valence-electron chi connectivity index (χ0n) is 13.4. The Kier molecular flexibility index (Phi) is 5.13. The second-order valence-electron chi connectivity index (χ2n) is 5.97. The number of thiophene rings is 1. The molecule has 1 fully saturated rings. The predicted octanol–water partition coefficient (Wildman–Crippen LogP) is 1.86. The van der Waals surface area contributed by atoms with E-state index in [-0.39, 0.29) is 17.7 Å². The Morgan fingerprint density at radius 3 is 3.00 bits per heavy atom. The largest absolute Gasteiger partial charge is 0.383 e. The highest BCUT2D eigenvalue weighted by Gasteiger charge is 2.36. The third-order valence-corrected chi connectivity index (χ3v) is 5.43. The molecule has 1 saturated heterocycles. The van der Waals surface area contributed by atoms with Gasteiger partial charge in [0.25, 0.3) is 0 Å². The number of carbonyl (C=O) groups is 2. The summed E-state index contributed by atoms with van der Waals surface area (Å²) in [4.78, 5) is 29.5. The Labute approximate surface area is 140 Å². The highest BCUT2D eigenvalue weighted by atomic mass is 32.1. The Bertz CT molecular complexity index is 597. The number of hydrogen-bond acceptors (Lipinski definition) is 4. The Morgan fingerprint density at radius 2 is 2.35 bits per heavy atom. The molecule has 2 aliphatic rings. The Morgan fingerprint density at radius 1 is 1.48 bits per heavy atom. The standard InChI is InChI=1S/C17H22N2O3S/c1-22-9-8-19-12-14(11-16(19)20)17(21)18-6-4-13(5-7-18)15-3-2-10-23-15/h2-4,10,14H,5-9,11-12H2,1H3/t14-/m0/s1. The lowest BCUT2D eigenvalue weighted by Crippen LogP contribution is -2.40. The minimum atomic E-state index is -0.198. The second kappa shape index (κ2) is 7.27. The van der Waals surface area contributed by atoms with Gasteiger partial charge in [-0.25, -0.2) is 0 Å². The number of hydrogen-bond donors (Lipinski definition) is 0. The van der Waals surface area contributed by atoms with Crippen molar-refractivity contribution in [2.75, 3.05) is 39.9 Å². The molecule has 2 aliphatic heterocycles. The van der Waals surface area contributed by atoms with Crippen LogP contribution < -0.4 is 0 Å². The molecule has 0 spiro atoms. The van der Waals surface area contributed by atoms with Crippen molar-refractivity contribution >= 4 is 28.7 Å². The molecule has 0 aliphatic carbocycles. The van der Waals surface area contributed by atoms with Crippen LogP contribution in [0.3, 0.4) is 0 Å². The van der Waals surface area contributed by atoms with Crippen molar-refractivity contribution in [1.29, 1.82) is 0 Å². The van der Waals surface area contributed by atoms with Crippen LogP contribution in [0.5, 0.6) is 0 Å². The van der Waals surface area contributed by atoms with E-state index in [2.05, 4.69) is 23.6 Å². The number of ether oxygens (including phenoxy) is 1. The smallest absolute Gasteiger partial charge is 0.228 e. The van der Waals surface area contributed by atoms with Crippen molar-refractivity contribution in [3.63, 3.8) is 0 Å². The summed E-state index contributed by atoms with van der Waals surface area (Å²) in [5.74, 6) is -0.0250. The molecule has 0 N–H and O–H groups in total. The van der Waals surface area contributed by atoms with Crippen molar-refractivity contribution in [2.45, 2.75) is 12.8 Å². The number of likely N-dealkylation sites (tertiary alicyclic amines) is 1. The first kappa shape index (κ1) is 16.2. The van der Waals surface area contributed by atoms with Gasteiger partial charge in [0.1, 0.15) is 0 Å². The molecular formula is C17H22N2O3S. The van der Waals surface area contributed by atoms with E-state index < -0.39 is 0 Å². The topological polar surface area (TPSA) is 49.9 Å². The minimum Gasteiger partial charge on any atom is -0.383 e. The minimum absolute atomic E-state index is 0.0622. The van der Waals surface area contributed by atoms with Gasteiger partial charge < -0.3 is 14.5 Å². The van der Waals surface area contributed by atoms with Gasteiger partial charge in [-0.05, 0) is 23.4 Å². The number of nitrogens with zero attached hydrogens (tertiary/aromatic N) is 2. The van der Waals surface area contributed by atoms with Gasteiger partial charge in [0.15, 0.2) is 0 Å². The highest BCUT2D eigenvalue weighted by Crippen LogP contribution is 2.28. The highest BCUT2D eigenvalue weighted by molar-refractivity contribution is 7.11. The number of methoxy groups -OCH3 is 1. The maximum absolute atomic E-state index is 12.6. The summed E-state index contributed by atoms with van der Waals surface area (Å²) in [5.41, 5.74) is 1.33. The van der Waals surface area contributed by atoms with Crippen molar-refractivity contribution in [3.8, 4) is 0 Å². The summed E-state index contributed by atoms with van der Waals surface area (Å²) in [6, 6.07) is 4.18. The van der Waals surface area contributed by atoms with Crippen molar-refractivity contribution in [1.82, 2.24) is 9.80 Å². The van der Waals surface area contributed by atoms with E-state index in [1.54, 1.807) is 23.3 Å². The number of amides is 2. The van der Waals surface area contributed by atoms with Gasteiger partial charge >= 0.3 is 0 Å². The summed E-state index contributed by atoms with van der Waals surface area (Å²) in [7, 11) is 1.62. The van der Waals surface area contributed by atoms with Gasteiger partial charge in [0.05, 0.1) is 12.5 Å².